The zero-order valence-corrected chi connectivity index (χ0v) is 18.6. The van der Waals surface area contributed by atoms with Crippen molar-refractivity contribution in [2.24, 2.45) is 5.92 Å². The summed E-state index contributed by atoms with van der Waals surface area (Å²) in [6.45, 7) is 3.20. The number of aromatic nitrogens is 2. The van der Waals surface area contributed by atoms with Crippen molar-refractivity contribution in [2.45, 2.75) is 25.9 Å². The number of rotatable bonds is 4. The lowest BCUT2D eigenvalue weighted by atomic mass is 9.95. The topological polar surface area (TPSA) is 58.1 Å². The second-order valence-corrected chi connectivity index (χ2v) is 8.44. The second kappa shape index (κ2) is 9.39. The zero-order chi connectivity index (χ0) is 23.6. The minimum atomic E-state index is -4.51. The fourth-order valence-electron chi connectivity index (χ4n) is 3.90. The van der Waals surface area contributed by atoms with Gasteiger partial charge in [-0.05, 0) is 55.7 Å². The first-order valence-electron chi connectivity index (χ1n) is 10.5. The molecule has 0 unspecified atom stereocenters. The summed E-state index contributed by atoms with van der Waals surface area (Å²) < 4.78 is 38.9. The predicted molar refractivity (Wildman–Crippen MR) is 122 cm³/mol. The number of aryl methyl sites for hydroxylation is 1. The molecule has 5 nitrogen and oxygen atoms in total. The van der Waals surface area contributed by atoms with Gasteiger partial charge in [-0.3, -0.25) is 4.79 Å². The molecule has 0 atom stereocenters. The molecular formula is C24H22ClF3N4O. The third-order valence-electron chi connectivity index (χ3n) is 5.81. The molecule has 1 aliphatic rings. The summed E-state index contributed by atoms with van der Waals surface area (Å²) in [7, 11) is 0. The van der Waals surface area contributed by atoms with Gasteiger partial charge in [0.25, 0.3) is 0 Å². The van der Waals surface area contributed by atoms with E-state index < -0.39 is 11.7 Å². The van der Waals surface area contributed by atoms with Gasteiger partial charge in [-0.15, -0.1) is 10.2 Å². The Kier molecular flexibility index (Phi) is 6.56. The van der Waals surface area contributed by atoms with E-state index in [0.717, 1.165) is 40.8 Å². The van der Waals surface area contributed by atoms with E-state index in [0.29, 0.717) is 25.9 Å². The number of piperidine rings is 1. The average molecular weight is 475 g/mol. The van der Waals surface area contributed by atoms with Crippen LogP contribution in [0.5, 0.6) is 0 Å². The van der Waals surface area contributed by atoms with E-state index in [2.05, 4.69) is 20.4 Å². The Morgan fingerprint density at radius 3 is 2.42 bits per heavy atom. The van der Waals surface area contributed by atoms with Crippen LogP contribution in [-0.2, 0) is 11.0 Å². The second-order valence-electron chi connectivity index (χ2n) is 8.03. The molecule has 2 aromatic carbocycles. The lowest BCUT2D eigenvalue weighted by Crippen LogP contribution is -2.38. The molecule has 1 amide bonds. The SMILES string of the molecule is Cc1ccccc1-c1ccc(N2CCC(C(=O)Nc3cc(C(F)(F)F)ccc3Cl)CC2)nn1. The zero-order valence-electron chi connectivity index (χ0n) is 17.9. The van der Waals surface area contributed by atoms with Crippen LogP contribution in [0.1, 0.15) is 24.0 Å². The molecule has 9 heteroatoms. The van der Waals surface area contributed by atoms with Gasteiger partial charge in [0, 0.05) is 24.6 Å². The van der Waals surface area contributed by atoms with Crippen LogP contribution in [0.4, 0.5) is 24.7 Å². The standard InChI is InChI=1S/C24H22ClF3N4O/c1-15-4-2-3-5-18(15)20-8-9-22(31-30-20)32-12-10-16(11-13-32)23(33)29-21-14-17(24(26,27)28)6-7-19(21)25/h2-9,14,16H,10-13H2,1H3,(H,29,33). The third-order valence-corrected chi connectivity index (χ3v) is 6.14. The van der Waals surface area contributed by atoms with Crippen molar-refractivity contribution in [3.05, 3.63) is 70.7 Å². The largest absolute Gasteiger partial charge is 0.416 e. The molecule has 172 valence electrons. The number of halogens is 4. The van der Waals surface area contributed by atoms with E-state index in [-0.39, 0.29) is 22.5 Å². The molecule has 1 N–H and O–H groups in total. The number of hydrogen-bond acceptors (Lipinski definition) is 4. The Balaban J connectivity index is 1.37. The smallest absolute Gasteiger partial charge is 0.355 e. The molecule has 1 aromatic heterocycles. The van der Waals surface area contributed by atoms with Crippen molar-refractivity contribution in [2.75, 3.05) is 23.3 Å². The van der Waals surface area contributed by atoms with E-state index in [1.54, 1.807) is 0 Å². The lowest BCUT2D eigenvalue weighted by molar-refractivity contribution is -0.137. The van der Waals surface area contributed by atoms with Crippen molar-refractivity contribution >= 4 is 29.0 Å². The maximum atomic E-state index is 13.0. The highest BCUT2D eigenvalue weighted by Crippen LogP contribution is 2.34. The van der Waals surface area contributed by atoms with Gasteiger partial charge in [-0.25, -0.2) is 0 Å². The number of hydrogen-bond donors (Lipinski definition) is 1. The van der Waals surface area contributed by atoms with E-state index >= 15 is 0 Å². The summed E-state index contributed by atoms with van der Waals surface area (Å²) >= 11 is 5.99. The number of amides is 1. The summed E-state index contributed by atoms with van der Waals surface area (Å²) in [5.74, 6) is 0.0648. The number of nitrogens with zero attached hydrogens (tertiary/aromatic N) is 3. The van der Waals surface area contributed by atoms with E-state index in [9.17, 15) is 18.0 Å². The van der Waals surface area contributed by atoms with Gasteiger partial charge in [0.15, 0.2) is 5.82 Å². The Bertz CT molecular complexity index is 1140. The Labute approximate surface area is 194 Å². The molecule has 0 saturated carbocycles. The molecule has 0 radical (unpaired) electrons. The van der Waals surface area contributed by atoms with Crippen LogP contribution in [0, 0.1) is 12.8 Å². The highest BCUT2D eigenvalue weighted by Gasteiger charge is 2.32. The van der Waals surface area contributed by atoms with Crippen LogP contribution in [-0.4, -0.2) is 29.2 Å². The highest BCUT2D eigenvalue weighted by atomic mass is 35.5. The van der Waals surface area contributed by atoms with Gasteiger partial charge in [0.2, 0.25) is 5.91 Å². The molecule has 3 aromatic rings. The van der Waals surface area contributed by atoms with Crippen LogP contribution in [0.25, 0.3) is 11.3 Å². The van der Waals surface area contributed by atoms with Crippen molar-refractivity contribution in [3.8, 4) is 11.3 Å². The van der Waals surface area contributed by atoms with E-state index in [4.69, 9.17) is 11.6 Å². The first-order chi connectivity index (χ1) is 15.7. The molecule has 1 aliphatic heterocycles. The lowest BCUT2D eigenvalue weighted by Gasteiger charge is -2.32. The molecule has 0 spiro atoms. The first-order valence-corrected chi connectivity index (χ1v) is 10.9. The Hall–Kier alpha value is -3.13. The molecule has 1 fully saturated rings. The van der Waals surface area contributed by atoms with Crippen LogP contribution in [0.3, 0.4) is 0 Å². The number of benzene rings is 2. The molecule has 0 bridgehead atoms. The van der Waals surface area contributed by atoms with Crippen molar-refractivity contribution in [3.63, 3.8) is 0 Å². The Morgan fingerprint density at radius 2 is 1.79 bits per heavy atom. The van der Waals surface area contributed by atoms with E-state index in [1.807, 2.05) is 43.3 Å². The van der Waals surface area contributed by atoms with Crippen molar-refractivity contribution < 1.29 is 18.0 Å². The summed E-state index contributed by atoms with van der Waals surface area (Å²) in [5.41, 5.74) is 2.05. The van der Waals surface area contributed by atoms with E-state index in [1.165, 1.54) is 0 Å². The van der Waals surface area contributed by atoms with Crippen molar-refractivity contribution in [1.82, 2.24) is 10.2 Å². The van der Waals surface area contributed by atoms with Gasteiger partial charge >= 0.3 is 6.18 Å². The van der Waals surface area contributed by atoms with Gasteiger partial charge in [0.1, 0.15) is 0 Å². The highest BCUT2D eigenvalue weighted by molar-refractivity contribution is 6.33. The van der Waals surface area contributed by atoms with Crippen molar-refractivity contribution in [1.29, 1.82) is 0 Å². The molecule has 4 rings (SSSR count). The van der Waals surface area contributed by atoms with Crippen LogP contribution in [0.2, 0.25) is 5.02 Å². The first kappa shape index (κ1) is 23.0. The normalized spacial score (nSPS) is 14.9. The van der Waals surface area contributed by atoms with Crippen LogP contribution in [0.15, 0.2) is 54.6 Å². The summed E-state index contributed by atoms with van der Waals surface area (Å²) in [4.78, 5) is 14.7. The predicted octanol–water partition coefficient (Wildman–Crippen LogP) is 5.98. The molecular weight excluding hydrogens is 453 g/mol. The maximum absolute atomic E-state index is 13.0. The number of carbonyl (C=O) groups excluding carboxylic acids is 1. The Morgan fingerprint density at radius 1 is 1.06 bits per heavy atom. The summed E-state index contributed by atoms with van der Waals surface area (Å²) in [6.07, 6.45) is -3.42. The fourth-order valence-corrected chi connectivity index (χ4v) is 4.07. The molecule has 1 saturated heterocycles. The third kappa shape index (κ3) is 5.27. The number of nitrogens with one attached hydrogen (secondary N) is 1. The minimum absolute atomic E-state index is 0.0309. The number of carbonyl (C=O) groups is 1. The van der Waals surface area contributed by atoms with Gasteiger partial charge in [-0.2, -0.15) is 13.2 Å². The van der Waals surface area contributed by atoms with Gasteiger partial charge < -0.3 is 10.2 Å². The number of alkyl halides is 3. The fraction of sp³-hybridized carbons (Fsp3) is 0.292. The van der Waals surface area contributed by atoms with Gasteiger partial charge in [0.05, 0.1) is 22.0 Å². The molecule has 2 heterocycles. The minimum Gasteiger partial charge on any atom is -0.355 e. The molecule has 33 heavy (non-hydrogen) atoms. The quantitative estimate of drug-likeness (QED) is 0.505. The summed E-state index contributed by atoms with van der Waals surface area (Å²) in [6, 6.07) is 14.7. The average Bonchev–Trinajstić information content (AvgIpc) is 2.80. The number of anilines is 2. The molecule has 0 aliphatic carbocycles. The van der Waals surface area contributed by atoms with Crippen LogP contribution >= 0.6 is 11.6 Å². The van der Waals surface area contributed by atoms with Crippen LogP contribution < -0.4 is 10.2 Å². The van der Waals surface area contributed by atoms with Gasteiger partial charge in [-0.1, -0.05) is 35.9 Å². The monoisotopic (exact) mass is 474 g/mol. The summed E-state index contributed by atoms with van der Waals surface area (Å²) in [5, 5.41) is 11.3. The maximum Gasteiger partial charge on any atom is 0.416 e.